The number of aliphatic carboxylic acids is 2. The third kappa shape index (κ3) is 25.5. The van der Waals surface area contributed by atoms with Crippen LogP contribution in [0, 0.1) is 23.2 Å². The minimum atomic E-state index is -1.74. The van der Waals surface area contributed by atoms with Gasteiger partial charge in [-0.05, 0) is 80.4 Å². The van der Waals surface area contributed by atoms with Crippen molar-refractivity contribution in [3.05, 3.63) is 71.9 Å². The van der Waals surface area contributed by atoms with Gasteiger partial charge in [-0.3, -0.25) is 62.9 Å². The molecular formula is C62H92N16O15. The van der Waals surface area contributed by atoms with E-state index in [1.54, 1.807) is 74.6 Å². The van der Waals surface area contributed by atoms with E-state index >= 15 is 0 Å². The van der Waals surface area contributed by atoms with Gasteiger partial charge in [0.25, 0.3) is 0 Å². The van der Waals surface area contributed by atoms with Gasteiger partial charge in [-0.15, -0.1) is 0 Å². The van der Waals surface area contributed by atoms with Gasteiger partial charge in [-0.25, -0.2) is 4.79 Å². The number of nitrogens with two attached hydrogens (primary N) is 2. The van der Waals surface area contributed by atoms with Gasteiger partial charge < -0.3 is 90.0 Å². The molecule has 1 saturated heterocycles. The molecule has 0 bridgehead atoms. The second-order valence-corrected chi connectivity index (χ2v) is 24.0. The number of nitrogens with one attached hydrogen (secondary N) is 13. The number of hydrogen-bond acceptors (Lipinski definition) is 15. The highest BCUT2D eigenvalue weighted by Gasteiger charge is 2.40. The first-order valence-corrected chi connectivity index (χ1v) is 31.1. The van der Waals surface area contributed by atoms with Crippen molar-refractivity contribution in [3.8, 4) is 0 Å². The SMILES string of the molecule is CC[C@H](C)[C@H](NC(=O)CNC(=O)CNC(=O)[C@H](CC(C)C)NC(=O)[C@@H](N)CC(C)C)C(=O)N[C@@H](C)C(=O)NCC(=O)N[C@@H](CCCNC(=N)N)C(=O)N[C@@H](Cc1c[nH]c2ccccc12)C(=O)N[C@@H](Cc1ccccc1)C(=O)N[C@@H](CC(=O)O)C(=O)N1CCC[C@H]1C(=O)O. The number of H-pyrrole nitrogens is 1. The molecule has 4 rings (SSSR count). The zero-order valence-electron chi connectivity index (χ0n) is 53.6. The number of fused-ring (bicyclic) bond motifs is 1. The Morgan fingerprint density at radius 2 is 1.18 bits per heavy atom. The maximum absolute atomic E-state index is 14.8. The van der Waals surface area contributed by atoms with Crippen LogP contribution < -0.4 is 70.0 Å². The first-order valence-electron chi connectivity index (χ1n) is 31.1. The maximum Gasteiger partial charge on any atom is 0.326 e. The van der Waals surface area contributed by atoms with Crippen LogP contribution in [0.2, 0.25) is 0 Å². The van der Waals surface area contributed by atoms with Gasteiger partial charge >= 0.3 is 11.9 Å². The van der Waals surface area contributed by atoms with Crippen molar-refractivity contribution in [3.63, 3.8) is 0 Å². The molecule has 0 spiro atoms. The van der Waals surface area contributed by atoms with Crippen molar-refractivity contribution in [1.82, 2.24) is 68.4 Å². The number of likely N-dealkylation sites (tertiary alicyclic amines) is 1. The predicted molar refractivity (Wildman–Crippen MR) is 340 cm³/mol. The summed E-state index contributed by atoms with van der Waals surface area (Å²) in [6.07, 6.45) is 1.72. The minimum Gasteiger partial charge on any atom is -0.481 e. The van der Waals surface area contributed by atoms with Crippen LogP contribution in [0.1, 0.15) is 111 Å². The monoisotopic (exact) mass is 1300 g/mol. The molecule has 11 amide bonds. The molecule has 19 N–H and O–H groups in total. The topological polar surface area (TPSA) is 490 Å². The third-order valence-electron chi connectivity index (χ3n) is 15.4. The highest BCUT2D eigenvalue weighted by Crippen LogP contribution is 2.22. The van der Waals surface area contributed by atoms with E-state index in [9.17, 15) is 72.5 Å². The lowest BCUT2D eigenvalue weighted by Crippen LogP contribution is -2.60. The molecule has 93 heavy (non-hydrogen) atoms. The number of rotatable bonds is 38. The molecule has 2 heterocycles. The number of aromatic nitrogens is 1. The summed E-state index contributed by atoms with van der Waals surface area (Å²) in [6.45, 7) is 10.4. The van der Waals surface area contributed by atoms with Gasteiger partial charge in [0.1, 0.15) is 48.3 Å². The van der Waals surface area contributed by atoms with Crippen molar-refractivity contribution in [2.45, 2.75) is 167 Å². The zero-order valence-corrected chi connectivity index (χ0v) is 53.6. The highest BCUT2D eigenvalue weighted by molar-refractivity contribution is 5.99. The number of carbonyl (C=O) groups is 13. The summed E-state index contributed by atoms with van der Waals surface area (Å²) in [7, 11) is 0. The molecule has 31 nitrogen and oxygen atoms in total. The Kier molecular flexibility index (Phi) is 30.6. The first kappa shape index (κ1) is 75.8. The third-order valence-corrected chi connectivity index (χ3v) is 15.4. The number of para-hydroxylation sites is 1. The van der Waals surface area contributed by atoms with Gasteiger partial charge in [0.15, 0.2) is 5.96 Å². The fourth-order valence-electron chi connectivity index (χ4n) is 10.3. The van der Waals surface area contributed by atoms with Gasteiger partial charge in [0.05, 0.1) is 32.1 Å². The standard InChI is InChI=1S/C62H92N16O15/c1-8-35(6)52(77-50(81)31-68-48(79)30-70-55(86)43(25-34(4)5)73-54(85)40(63)24-33(2)3)59(90)71-36(7)53(84)69-32-49(80)72-42(20-14-22-66-62(64)65)56(87)75-45(27-38-29-67-41-19-13-12-18-39(38)41)58(89)74-44(26-37-16-10-9-11-17-37)57(88)76-46(28-51(82)83)60(91)78-23-15-21-47(78)61(92)93/h9-13,16-19,29,33-36,40,42-47,52,67H,8,14-15,20-28,30-32,63H2,1-7H3,(H,68,79)(H,69,84)(H,70,86)(H,71,90)(H,72,80)(H,73,85)(H,74,89)(H,75,87)(H,76,88)(H,77,81)(H,82,83)(H,92,93)(H4,64,65,66)/t35-,36-,40-,42-,43-,44-,45-,46-,47-,52-/m0/s1. The molecule has 2 aromatic carbocycles. The molecule has 1 aromatic heterocycles. The quantitative estimate of drug-likeness (QED) is 0.0167. The Morgan fingerprint density at radius 1 is 0.613 bits per heavy atom. The van der Waals surface area contributed by atoms with E-state index in [0.29, 0.717) is 41.3 Å². The summed E-state index contributed by atoms with van der Waals surface area (Å²) in [5.41, 5.74) is 13.2. The summed E-state index contributed by atoms with van der Waals surface area (Å²) >= 11 is 0. The number of guanidine groups is 1. The van der Waals surface area contributed by atoms with Crippen LogP contribution in [-0.2, 0) is 75.2 Å². The van der Waals surface area contributed by atoms with Crippen molar-refractivity contribution < 1.29 is 72.5 Å². The van der Waals surface area contributed by atoms with Crippen LogP contribution in [0.5, 0.6) is 0 Å². The normalized spacial score (nSPS) is 15.7. The average Bonchev–Trinajstić information content (AvgIpc) is 1.78. The van der Waals surface area contributed by atoms with E-state index in [4.69, 9.17) is 16.9 Å². The molecule has 1 aliphatic heterocycles. The molecule has 31 heteroatoms. The van der Waals surface area contributed by atoms with E-state index in [2.05, 4.69) is 63.5 Å². The Morgan fingerprint density at radius 3 is 1.81 bits per heavy atom. The lowest BCUT2D eigenvalue weighted by Gasteiger charge is -2.29. The van der Waals surface area contributed by atoms with E-state index in [-0.39, 0.29) is 69.4 Å². The second-order valence-electron chi connectivity index (χ2n) is 24.0. The summed E-state index contributed by atoms with van der Waals surface area (Å²) in [5.74, 6) is -12.5. The van der Waals surface area contributed by atoms with Crippen LogP contribution in [-0.4, -0.2) is 190 Å². The number of carboxylic acid groups (broad SMARTS) is 2. The summed E-state index contributed by atoms with van der Waals surface area (Å²) < 4.78 is 0. The van der Waals surface area contributed by atoms with Gasteiger partial charge in [0.2, 0.25) is 65.0 Å². The molecule has 3 aromatic rings. The van der Waals surface area contributed by atoms with Crippen LogP contribution in [0.4, 0.5) is 0 Å². The molecule has 10 atom stereocenters. The maximum atomic E-state index is 14.8. The molecule has 1 fully saturated rings. The number of carbonyl (C=O) groups excluding carboxylic acids is 11. The van der Waals surface area contributed by atoms with Gasteiger partial charge in [-0.2, -0.15) is 0 Å². The summed E-state index contributed by atoms with van der Waals surface area (Å²) in [6, 6.07) is 3.61. The minimum absolute atomic E-state index is 0.00562. The number of amides is 11. The van der Waals surface area contributed by atoms with E-state index in [1.807, 2.05) is 27.7 Å². The summed E-state index contributed by atoms with van der Waals surface area (Å²) in [5, 5.41) is 55.8. The van der Waals surface area contributed by atoms with Crippen molar-refractivity contribution >= 4 is 93.8 Å². The van der Waals surface area contributed by atoms with Crippen LogP contribution >= 0.6 is 0 Å². The van der Waals surface area contributed by atoms with Crippen molar-refractivity contribution in [2.75, 3.05) is 32.7 Å². The molecular weight excluding hydrogens is 1210 g/mol. The smallest absolute Gasteiger partial charge is 0.326 e. The summed E-state index contributed by atoms with van der Waals surface area (Å²) in [4.78, 5) is 178. The largest absolute Gasteiger partial charge is 0.481 e. The van der Waals surface area contributed by atoms with Gasteiger partial charge in [-0.1, -0.05) is 96.5 Å². The highest BCUT2D eigenvalue weighted by atomic mass is 16.4. The zero-order chi connectivity index (χ0) is 69.1. The fourth-order valence-corrected chi connectivity index (χ4v) is 10.3. The van der Waals surface area contributed by atoms with Crippen molar-refractivity contribution in [1.29, 1.82) is 5.41 Å². The van der Waals surface area contributed by atoms with E-state index in [1.165, 1.54) is 6.92 Å². The van der Waals surface area contributed by atoms with E-state index in [0.717, 1.165) is 4.90 Å². The predicted octanol–water partition coefficient (Wildman–Crippen LogP) is -2.01. The van der Waals surface area contributed by atoms with Crippen LogP contribution in [0.25, 0.3) is 10.9 Å². The molecule has 0 aliphatic carbocycles. The van der Waals surface area contributed by atoms with Gasteiger partial charge in [0, 0.05) is 43.0 Å². The number of aromatic amines is 1. The Labute approximate surface area is 539 Å². The number of carboxylic acids is 2. The molecule has 0 saturated carbocycles. The van der Waals surface area contributed by atoms with Crippen molar-refractivity contribution in [2.24, 2.45) is 29.2 Å². The first-order chi connectivity index (χ1) is 44.0. The lowest BCUT2D eigenvalue weighted by molar-refractivity contribution is -0.150. The molecule has 510 valence electrons. The Balaban J connectivity index is 1.47. The van der Waals surface area contributed by atoms with Crippen LogP contribution in [0.3, 0.4) is 0 Å². The average molecular weight is 1300 g/mol. The Bertz CT molecular complexity index is 3120. The molecule has 0 radical (unpaired) electrons. The Hall–Kier alpha value is -9.68. The number of benzene rings is 2. The lowest BCUT2D eigenvalue weighted by atomic mass is 9.98. The van der Waals surface area contributed by atoms with E-state index < -0.39 is 163 Å². The molecule has 1 aliphatic rings. The fraction of sp³-hybridized carbons (Fsp3) is 0.548. The second kappa shape index (κ2) is 37.6. The number of nitrogens with zero attached hydrogens (tertiary/aromatic N) is 1. The molecule has 0 unspecified atom stereocenters. The van der Waals surface area contributed by atoms with Crippen LogP contribution in [0.15, 0.2) is 60.8 Å². The number of hydrogen-bond donors (Lipinski definition) is 17.